The molecule has 0 aliphatic heterocycles. The molecular weight excluding hydrogens is 368 g/mol. The second-order valence-electron chi connectivity index (χ2n) is 6.86. The molecule has 2 aromatic carbocycles. The van der Waals surface area contributed by atoms with Gasteiger partial charge in [0.15, 0.2) is 0 Å². The summed E-state index contributed by atoms with van der Waals surface area (Å²) in [6.45, 7) is 0.661. The van der Waals surface area contributed by atoms with Crippen LogP contribution in [0.25, 0.3) is 21.9 Å². The first-order chi connectivity index (χ1) is 13.7. The van der Waals surface area contributed by atoms with Gasteiger partial charge in [0.2, 0.25) is 5.91 Å². The van der Waals surface area contributed by atoms with Crippen LogP contribution in [0, 0.1) is 0 Å². The number of amides is 1. The lowest BCUT2D eigenvalue weighted by molar-refractivity contribution is -0.122. The first-order valence-electron chi connectivity index (χ1n) is 9.51. The first kappa shape index (κ1) is 18.6. The summed E-state index contributed by atoms with van der Waals surface area (Å²) in [5.41, 5.74) is 3.09. The molecule has 2 heterocycles. The van der Waals surface area contributed by atoms with Gasteiger partial charge in [-0.05, 0) is 48.1 Å². The molecule has 0 unspecified atom stereocenters. The SMILES string of the molecule is CSCC[C@H](NC(=O)CCn1ccc2ccccc21)c1nc2ccccc2[nH]1. The van der Waals surface area contributed by atoms with Crippen LogP contribution in [-0.2, 0) is 11.3 Å². The Kier molecular flexibility index (Phi) is 5.67. The molecule has 1 amide bonds. The molecule has 0 radical (unpaired) electrons. The zero-order chi connectivity index (χ0) is 19.3. The summed E-state index contributed by atoms with van der Waals surface area (Å²) in [6.07, 6.45) is 5.41. The van der Waals surface area contributed by atoms with E-state index in [1.54, 1.807) is 11.8 Å². The van der Waals surface area contributed by atoms with Gasteiger partial charge in [-0.2, -0.15) is 11.8 Å². The van der Waals surface area contributed by atoms with Crippen LogP contribution in [0.5, 0.6) is 0 Å². The lowest BCUT2D eigenvalue weighted by Gasteiger charge is -2.16. The molecule has 0 saturated heterocycles. The van der Waals surface area contributed by atoms with E-state index in [1.165, 1.54) is 5.39 Å². The predicted molar refractivity (Wildman–Crippen MR) is 117 cm³/mol. The number of carbonyl (C=O) groups is 1. The van der Waals surface area contributed by atoms with E-state index < -0.39 is 0 Å². The molecule has 0 saturated carbocycles. The van der Waals surface area contributed by atoms with Gasteiger partial charge in [-0.1, -0.05) is 30.3 Å². The van der Waals surface area contributed by atoms with Gasteiger partial charge in [0.25, 0.3) is 0 Å². The van der Waals surface area contributed by atoms with Crippen LogP contribution in [-0.4, -0.2) is 32.5 Å². The van der Waals surface area contributed by atoms with Crippen LogP contribution in [0.4, 0.5) is 0 Å². The Morgan fingerprint density at radius 1 is 1.18 bits per heavy atom. The summed E-state index contributed by atoms with van der Waals surface area (Å²) in [5, 5.41) is 4.38. The second-order valence-corrected chi connectivity index (χ2v) is 7.84. The molecule has 6 heteroatoms. The Bertz CT molecular complexity index is 1050. The number of thioether (sulfide) groups is 1. The molecule has 0 bridgehead atoms. The van der Waals surface area contributed by atoms with Gasteiger partial charge < -0.3 is 14.9 Å². The number of rotatable bonds is 8. The number of H-pyrrole nitrogens is 1. The summed E-state index contributed by atoms with van der Waals surface area (Å²) < 4.78 is 2.13. The summed E-state index contributed by atoms with van der Waals surface area (Å²) in [6, 6.07) is 18.2. The van der Waals surface area contributed by atoms with Gasteiger partial charge in [0, 0.05) is 24.7 Å². The number of para-hydroxylation sites is 3. The van der Waals surface area contributed by atoms with Gasteiger partial charge in [-0.3, -0.25) is 4.79 Å². The molecule has 4 aromatic rings. The maximum atomic E-state index is 12.7. The summed E-state index contributed by atoms with van der Waals surface area (Å²) in [4.78, 5) is 20.7. The highest BCUT2D eigenvalue weighted by Gasteiger charge is 2.18. The highest BCUT2D eigenvalue weighted by atomic mass is 32.2. The monoisotopic (exact) mass is 392 g/mol. The lowest BCUT2D eigenvalue weighted by atomic mass is 10.2. The van der Waals surface area contributed by atoms with Gasteiger partial charge >= 0.3 is 0 Å². The number of hydrogen-bond donors (Lipinski definition) is 2. The van der Waals surface area contributed by atoms with Crippen LogP contribution in [0.15, 0.2) is 60.8 Å². The third-order valence-corrected chi connectivity index (χ3v) is 5.59. The van der Waals surface area contributed by atoms with E-state index >= 15 is 0 Å². The Balaban J connectivity index is 1.44. The maximum absolute atomic E-state index is 12.7. The largest absolute Gasteiger partial charge is 0.347 e. The summed E-state index contributed by atoms with van der Waals surface area (Å²) in [5.74, 6) is 1.84. The number of aryl methyl sites for hydroxylation is 1. The fourth-order valence-corrected chi connectivity index (χ4v) is 3.95. The van der Waals surface area contributed by atoms with E-state index in [0.717, 1.165) is 34.5 Å². The van der Waals surface area contributed by atoms with Crippen molar-refractivity contribution in [1.82, 2.24) is 19.9 Å². The molecule has 0 fully saturated rings. The van der Waals surface area contributed by atoms with E-state index in [1.807, 2.05) is 42.6 Å². The average Bonchev–Trinajstić information content (AvgIpc) is 3.33. The number of nitrogens with zero attached hydrogens (tertiary/aromatic N) is 2. The van der Waals surface area contributed by atoms with Crippen molar-refractivity contribution in [2.45, 2.75) is 25.4 Å². The van der Waals surface area contributed by atoms with Crippen molar-refractivity contribution in [1.29, 1.82) is 0 Å². The van der Waals surface area contributed by atoms with Crippen molar-refractivity contribution in [2.75, 3.05) is 12.0 Å². The fraction of sp³-hybridized carbons (Fsp3) is 0.273. The third kappa shape index (κ3) is 4.07. The number of aromatic nitrogens is 3. The Morgan fingerprint density at radius 2 is 2.00 bits per heavy atom. The van der Waals surface area contributed by atoms with E-state index in [-0.39, 0.29) is 11.9 Å². The maximum Gasteiger partial charge on any atom is 0.222 e. The van der Waals surface area contributed by atoms with Crippen molar-refractivity contribution in [3.8, 4) is 0 Å². The fourth-order valence-electron chi connectivity index (χ4n) is 3.47. The number of imidazole rings is 1. The third-order valence-electron chi connectivity index (χ3n) is 4.94. The zero-order valence-corrected chi connectivity index (χ0v) is 16.7. The summed E-state index contributed by atoms with van der Waals surface area (Å²) >= 11 is 1.77. The van der Waals surface area contributed by atoms with Gasteiger partial charge in [-0.15, -0.1) is 0 Å². The van der Waals surface area contributed by atoms with E-state index in [4.69, 9.17) is 0 Å². The molecule has 1 atom stereocenters. The van der Waals surface area contributed by atoms with Crippen LogP contribution in [0.1, 0.15) is 24.7 Å². The van der Waals surface area contributed by atoms with Crippen LogP contribution in [0.3, 0.4) is 0 Å². The van der Waals surface area contributed by atoms with Crippen molar-refractivity contribution < 1.29 is 4.79 Å². The highest BCUT2D eigenvalue weighted by molar-refractivity contribution is 7.98. The van der Waals surface area contributed by atoms with Gasteiger partial charge in [0.1, 0.15) is 5.82 Å². The number of carbonyl (C=O) groups excluding carboxylic acids is 1. The van der Waals surface area contributed by atoms with E-state index in [9.17, 15) is 4.79 Å². The smallest absolute Gasteiger partial charge is 0.222 e. The zero-order valence-electron chi connectivity index (χ0n) is 15.9. The quantitative estimate of drug-likeness (QED) is 0.463. The van der Waals surface area contributed by atoms with Crippen molar-refractivity contribution in [2.24, 2.45) is 0 Å². The second kappa shape index (κ2) is 8.52. The van der Waals surface area contributed by atoms with Gasteiger partial charge in [-0.25, -0.2) is 4.98 Å². The average molecular weight is 393 g/mol. The predicted octanol–water partition coefficient (Wildman–Crippen LogP) is 4.52. The van der Waals surface area contributed by atoms with Crippen molar-refractivity contribution in [3.05, 3.63) is 66.6 Å². The topological polar surface area (TPSA) is 62.7 Å². The molecule has 0 aliphatic rings. The molecule has 2 N–H and O–H groups in total. The van der Waals surface area contributed by atoms with Crippen molar-refractivity contribution in [3.63, 3.8) is 0 Å². The highest BCUT2D eigenvalue weighted by Crippen LogP contribution is 2.20. The van der Waals surface area contributed by atoms with Crippen LogP contribution in [0.2, 0.25) is 0 Å². The number of nitrogens with one attached hydrogen (secondary N) is 2. The van der Waals surface area contributed by atoms with Crippen molar-refractivity contribution >= 4 is 39.6 Å². The molecule has 0 spiro atoms. The minimum atomic E-state index is -0.103. The normalized spacial score (nSPS) is 12.5. The number of fused-ring (bicyclic) bond motifs is 2. The molecular formula is C22H24N4OS. The molecule has 4 rings (SSSR count). The van der Waals surface area contributed by atoms with Gasteiger partial charge in [0.05, 0.1) is 17.1 Å². The lowest BCUT2D eigenvalue weighted by Crippen LogP contribution is -2.30. The van der Waals surface area contributed by atoms with Crippen LogP contribution >= 0.6 is 11.8 Å². The molecule has 28 heavy (non-hydrogen) atoms. The molecule has 5 nitrogen and oxygen atoms in total. The molecule has 144 valence electrons. The Morgan fingerprint density at radius 3 is 2.86 bits per heavy atom. The minimum Gasteiger partial charge on any atom is -0.347 e. The minimum absolute atomic E-state index is 0.0457. The van der Waals surface area contributed by atoms with E-state index in [0.29, 0.717) is 13.0 Å². The summed E-state index contributed by atoms with van der Waals surface area (Å²) in [7, 11) is 0. The number of benzene rings is 2. The van der Waals surface area contributed by atoms with Crippen LogP contribution < -0.4 is 5.32 Å². The molecule has 0 aliphatic carbocycles. The standard InChI is InChI=1S/C22H24N4OS/c1-28-15-12-19(22-24-17-7-3-4-8-18(17)25-22)23-21(27)11-14-26-13-10-16-6-2-5-9-20(16)26/h2-10,13,19H,11-12,14-15H2,1H3,(H,23,27)(H,24,25)/t19-/m0/s1. The number of aromatic amines is 1. The number of hydrogen-bond acceptors (Lipinski definition) is 3. The Hall–Kier alpha value is -2.73. The molecule has 2 aromatic heterocycles. The first-order valence-corrected chi connectivity index (χ1v) is 10.9. The van der Waals surface area contributed by atoms with E-state index in [2.05, 4.69) is 44.3 Å². The Labute approximate surface area is 168 Å².